The van der Waals surface area contributed by atoms with E-state index < -0.39 is 13.9 Å². The summed E-state index contributed by atoms with van der Waals surface area (Å²) in [5.74, 6) is 0.277. The molecular formula is C17H32O2Si. The van der Waals surface area contributed by atoms with E-state index in [1.807, 2.05) is 0 Å². The van der Waals surface area contributed by atoms with Crippen LogP contribution < -0.4 is 0 Å². The molecule has 0 bridgehead atoms. The second kappa shape index (κ2) is 5.26. The van der Waals surface area contributed by atoms with Gasteiger partial charge in [0.15, 0.2) is 8.32 Å². The standard InChI is InChI=1S/C17H32O2Si/c1-13-12-15(19-20(5,6)16(2,3)4)14-10-8-7-9-11-17(13,14)18/h12,14-15,18H,7-11H2,1-6H3/t14-,15?,17-/m0/s1. The number of aliphatic hydroxyl groups is 1. The Balaban J connectivity index is 2.21. The first kappa shape index (κ1) is 16.3. The summed E-state index contributed by atoms with van der Waals surface area (Å²) < 4.78 is 6.63. The molecule has 1 saturated carbocycles. The lowest BCUT2D eigenvalue weighted by atomic mass is 9.82. The van der Waals surface area contributed by atoms with Gasteiger partial charge >= 0.3 is 0 Å². The molecule has 116 valence electrons. The number of rotatable bonds is 2. The van der Waals surface area contributed by atoms with Gasteiger partial charge in [-0.05, 0) is 43.5 Å². The molecule has 1 unspecified atom stereocenters. The first-order valence-electron chi connectivity index (χ1n) is 8.17. The first-order valence-corrected chi connectivity index (χ1v) is 11.1. The SMILES string of the molecule is CC1=CC(O[Si](C)(C)C(C)(C)C)[C@@H]2CCCCC[C@]12O. The van der Waals surface area contributed by atoms with Gasteiger partial charge in [-0.3, -0.25) is 0 Å². The second-order valence-corrected chi connectivity index (χ2v) is 13.1. The summed E-state index contributed by atoms with van der Waals surface area (Å²) in [5, 5.41) is 11.3. The van der Waals surface area contributed by atoms with Crippen molar-refractivity contribution in [3.8, 4) is 0 Å². The summed E-state index contributed by atoms with van der Waals surface area (Å²) >= 11 is 0. The van der Waals surface area contributed by atoms with Gasteiger partial charge in [0.05, 0.1) is 11.7 Å². The quantitative estimate of drug-likeness (QED) is 0.594. The Morgan fingerprint density at radius 1 is 1.25 bits per heavy atom. The van der Waals surface area contributed by atoms with Crippen molar-refractivity contribution in [2.45, 2.75) is 89.6 Å². The summed E-state index contributed by atoms with van der Waals surface area (Å²) in [7, 11) is -1.78. The van der Waals surface area contributed by atoms with Crippen LogP contribution in [0.4, 0.5) is 0 Å². The zero-order valence-corrected chi connectivity index (χ0v) is 15.1. The molecule has 2 nitrogen and oxygen atoms in total. The fraction of sp³-hybridized carbons (Fsp3) is 0.882. The highest BCUT2D eigenvalue weighted by Crippen LogP contribution is 2.48. The maximum Gasteiger partial charge on any atom is 0.192 e. The Bertz CT molecular complexity index is 394. The molecule has 0 aromatic rings. The highest BCUT2D eigenvalue weighted by molar-refractivity contribution is 6.74. The summed E-state index contributed by atoms with van der Waals surface area (Å²) in [6.07, 6.45) is 7.98. The van der Waals surface area contributed by atoms with Gasteiger partial charge in [-0.1, -0.05) is 46.1 Å². The van der Waals surface area contributed by atoms with Gasteiger partial charge in [-0.15, -0.1) is 0 Å². The Morgan fingerprint density at radius 2 is 1.90 bits per heavy atom. The highest BCUT2D eigenvalue weighted by atomic mass is 28.4. The average molecular weight is 297 g/mol. The smallest absolute Gasteiger partial charge is 0.192 e. The fourth-order valence-corrected chi connectivity index (χ4v) is 4.69. The molecule has 0 aliphatic heterocycles. The first-order chi connectivity index (χ1) is 9.08. The Kier molecular flexibility index (Phi) is 4.27. The van der Waals surface area contributed by atoms with Crippen LogP contribution in [-0.2, 0) is 4.43 Å². The monoisotopic (exact) mass is 296 g/mol. The molecule has 20 heavy (non-hydrogen) atoms. The van der Waals surface area contributed by atoms with Crippen molar-refractivity contribution in [3.63, 3.8) is 0 Å². The van der Waals surface area contributed by atoms with Crippen molar-refractivity contribution < 1.29 is 9.53 Å². The van der Waals surface area contributed by atoms with Crippen LogP contribution in [-0.4, -0.2) is 25.1 Å². The van der Waals surface area contributed by atoms with Gasteiger partial charge in [-0.25, -0.2) is 0 Å². The van der Waals surface area contributed by atoms with Crippen LogP contribution >= 0.6 is 0 Å². The lowest BCUT2D eigenvalue weighted by Gasteiger charge is -2.41. The minimum absolute atomic E-state index is 0.124. The molecule has 3 heteroatoms. The predicted octanol–water partition coefficient (Wildman–Crippen LogP) is 4.65. The second-order valence-electron chi connectivity index (χ2n) is 8.32. The zero-order chi connectivity index (χ0) is 15.2. The van der Waals surface area contributed by atoms with Crippen molar-refractivity contribution in [2.75, 3.05) is 0 Å². The van der Waals surface area contributed by atoms with E-state index in [1.165, 1.54) is 12.8 Å². The van der Waals surface area contributed by atoms with Crippen molar-refractivity contribution in [1.82, 2.24) is 0 Å². The van der Waals surface area contributed by atoms with Gasteiger partial charge in [0.2, 0.25) is 0 Å². The molecule has 0 aromatic carbocycles. The lowest BCUT2D eigenvalue weighted by molar-refractivity contribution is -0.0140. The van der Waals surface area contributed by atoms with E-state index in [4.69, 9.17) is 4.43 Å². The van der Waals surface area contributed by atoms with Crippen LogP contribution in [0.2, 0.25) is 18.1 Å². The molecule has 1 fully saturated rings. The van der Waals surface area contributed by atoms with Gasteiger partial charge in [0, 0.05) is 5.92 Å². The Morgan fingerprint density at radius 3 is 2.50 bits per heavy atom. The summed E-state index contributed by atoms with van der Waals surface area (Å²) in [4.78, 5) is 0. The van der Waals surface area contributed by atoms with Crippen LogP contribution in [0.1, 0.15) is 59.8 Å². The minimum Gasteiger partial charge on any atom is -0.410 e. The number of hydrogen-bond acceptors (Lipinski definition) is 2. The average Bonchev–Trinajstić information content (AvgIpc) is 2.47. The molecule has 2 aliphatic carbocycles. The van der Waals surface area contributed by atoms with Crippen LogP contribution in [0.5, 0.6) is 0 Å². The molecule has 0 saturated heterocycles. The molecule has 0 aromatic heterocycles. The topological polar surface area (TPSA) is 29.5 Å². The number of hydrogen-bond donors (Lipinski definition) is 1. The molecule has 0 heterocycles. The molecular weight excluding hydrogens is 264 g/mol. The fourth-order valence-electron chi connectivity index (χ4n) is 3.43. The maximum absolute atomic E-state index is 11.1. The Hall–Kier alpha value is -0.123. The largest absolute Gasteiger partial charge is 0.410 e. The van der Waals surface area contributed by atoms with Gasteiger partial charge in [0.25, 0.3) is 0 Å². The van der Waals surface area contributed by atoms with Crippen molar-refractivity contribution >= 4 is 8.32 Å². The van der Waals surface area contributed by atoms with E-state index in [1.54, 1.807) is 0 Å². The van der Waals surface area contributed by atoms with E-state index >= 15 is 0 Å². The maximum atomic E-state index is 11.1. The van der Waals surface area contributed by atoms with E-state index in [9.17, 15) is 5.11 Å². The van der Waals surface area contributed by atoms with E-state index in [0.717, 1.165) is 24.8 Å². The van der Waals surface area contributed by atoms with Crippen LogP contribution in [0.25, 0.3) is 0 Å². The zero-order valence-electron chi connectivity index (χ0n) is 14.1. The van der Waals surface area contributed by atoms with E-state index in [0.29, 0.717) is 0 Å². The number of fused-ring (bicyclic) bond motifs is 1. The summed E-state index contributed by atoms with van der Waals surface area (Å²) in [6.45, 7) is 13.6. The van der Waals surface area contributed by atoms with Crippen molar-refractivity contribution in [2.24, 2.45) is 5.92 Å². The summed E-state index contributed by atoms with van der Waals surface area (Å²) in [5.41, 5.74) is 0.553. The van der Waals surface area contributed by atoms with Crippen LogP contribution in [0.3, 0.4) is 0 Å². The Labute approximate surface area is 125 Å². The molecule has 0 spiro atoms. The molecule has 2 aliphatic rings. The third-order valence-electron chi connectivity index (χ3n) is 5.92. The third-order valence-corrected chi connectivity index (χ3v) is 10.4. The van der Waals surface area contributed by atoms with Gasteiger partial charge < -0.3 is 9.53 Å². The van der Waals surface area contributed by atoms with Crippen LogP contribution in [0, 0.1) is 5.92 Å². The van der Waals surface area contributed by atoms with E-state index in [2.05, 4.69) is 46.9 Å². The molecule has 1 N–H and O–H groups in total. The molecule has 0 amide bonds. The highest BCUT2D eigenvalue weighted by Gasteiger charge is 2.50. The van der Waals surface area contributed by atoms with Gasteiger partial charge in [0.1, 0.15) is 0 Å². The van der Waals surface area contributed by atoms with Crippen molar-refractivity contribution in [3.05, 3.63) is 11.6 Å². The van der Waals surface area contributed by atoms with Crippen LogP contribution in [0.15, 0.2) is 11.6 Å². The normalized spacial score (nSPS) is 35.5. The van der Waals surface area contributed by atoms with Gasteiger partial charge in [-0.2, -0.15) is 0 Å². The molecule has 2 rings (SSSR count). The molecule has 3 atom stereocenters. The minimum atomic E-state index is -1.78. The third kappa shape index (κ3) is 2.77. The van der Waals surface area contributed by atoms with Crippen molar-refractivity contribution in [1.29, 1.82) is 0 Å². The molecule has 0 radical (unpaired) electrons. The summed E-state index contributed by atoms with van der Waals surface area (Å²) in [6, 6.07) is 0. The van der Waals surface area contributed by atoms with E-state index in [-0.39, 0.29) is 17.1 Å². The lowest BCUT2D eigenvalue weighted by Crippen LogP contribution is -2.47. The predicted molar refractivity (Wildman–Crippen MR) is 87.4 cm³/mol.